The van der Waals surface area contributed by atoms with Crippen LogP contribution in [0.15, 0.2) is 6.33 Å². The summed E-state index contributed by atoms with van der Waals surface area (Å²) in [5.74, 6) is 1.14. The van der Waals surface area contributed by atoms with Gasteiger partial charge in [-0.25, -0.2) is 8.42 Å². The van der Waals surface area contributed by atoms with Gasteiger partial charge < -0.3 is 4.57 Å². The highest BCUT2D eigenvalue weighted by molar-refractivity contribution is 7.89. The Morgan fingerprint density at radius 1 is 1.42 bits per heavy atom. The molecule has 0 bridgehead atoms. The zero-order valence-corrected chi connectivity index (χ0v) is 12.4. The first kappa shape index (κ1) is 14.5. The Balaban J connectivity index is 1.99. The lowest BCUT2D eigenvalue weighted by Gasteiger charge is -2.23. The predicted octanol–water partition coefficient (Wildman–Crippen LogP) is 1.04. The number of aromatic nitrogens is 3. The van der Waals surface area contributed by atoms with Crippen LogP contribution in [0.5, 0.6) is 0 Å². The molecule has 0 saturated carbocycles. The molecule has 0 aromatic carbocycles. The normalized spacial score (nSPS) is 21.1. The van der Waals surface area contributed by atoms with Gasteiger partial charge in [-0.05, 0) is 33.1 Å². The van der Waals surface area contributed by atoms with Gasteiger partial charge in [0.15, 0.2) is 0 Å². The Morgan fingerprint density at radius 3 is 2.89 bits per heavy atom. The average molecular weight is 286 g/mol. The molecule has 1 fully saturated rings. The van der Waals surface area contributed by atoms with E-state index in [1.165, 1.54) is 0 Å². The number of aryl methyl sites for hydroxylation is 2. The lowest BCUT2D eigenvalue weighted by atomic mass is 10.1. The molecular formula is C12H22N4O2S. The van der Waals surface area contributed by atoms with Gasteiger partial charge in [-0.1, -0.05) is 0 Å². The van der Waals surface area contributed by atoms with Crippen LogP contribution in [0.1, 0.15) is 38.9 Å². The average Bonchev–Trinajstić information content (AvgIpc) is 3.04. The molecule has 2 rings (SSSR count). The Bertz CT molecular complexity index is 512. The van der Waals surface area contributed by atoms with Crippen LogP contribution < -0.4 is 0 Å². The van der Waals surface area contributed by atoms with Gasteiger partial charge in [-0.15, -0.1) is 10.2 Å². The topological polar surface area (TPSA) is 68.1 Å². The van der Waals surface area contributed by atoms with Gasteiger partial charge in [0.05, 0.1) is 5.75 Å². The van der Waals surface area contributed by atoms with Crippen LogP contribution in [0.2, 0.25) is 0 Å². The molecule has 0 aliphatic carbocycles. The van der Waals surface area contributed by atoms with E-state index in [2.05, 4.69) is 17.1 Å². The van der Waals surface area contributed by atoms with Crippen LogP contribution >= 0.6 is 0 Å². The van der Waals surface area contributed by atoms with Crippen LogP contribution in [0.3, 0.4) is 0 Å². The molecule has 1 aliphatic heterocycles. The Labute approximate surface area is 114 Å². The molecule has 1 saturated heterocycles. The standard InChI is InChI=1S/C12H22N4O2S/c1-3-15-10-13-14-12(15)8-7-11-6-5-9-16(11)19(17,18)4-2/h10-11H,3-9H2,1-2H3. The van der Waals surface area contributed by atoms with E-state index in [1.54, 1.807) is 17.6 Å². The van der Waals surface area contributed by atoms with Crippen molar-refractivity contribution >= 4 is 10.0 Å². The third-order valence-corrected chi connectivity index (χ3v) is 5.71. The summed E-state index contributed by atoms with van der Waals surface area (Å²) in [7, 11) is -3.06. The largest absolute Gasteiger partial charge is 0.318 e. The van der Waals surface area contributed by atoms with Crippen LogP contribution in [0, 0.1) is 0 Å². The second kappa shape index (κ2) is 6.00. The number of nitrogens with zero attached hydrogens (tertiary/aromatic N) is 4. The minimum absolute atomic E-state index is 0.131. The van der Waals surface area contributed by atoms with Crippen molar-refractivity contribution in [1.29, 1.82) is 0 Å². The van der Waals surface area contributed by atoms with Gasteiger partial charge in [-0.3, -0.25) is 0 Å². The summed E-state index contributed by atoms with van der Waals surface area (Å²) < 4.78 is 27.7. The van der Waals surface area contributed by atoms with Crippen LogP contribution in [-0.2, 0) is 23.0 Å². The van der Waals surface area contributed by atoms with Crippen molar-refractivity contribution in [2.75, 3.05) is 12.3 Å². The Hall–Kier alpha value is -0.950. The number of hydrogen-bond donors (Lipinski definition) is 0. The van der Waals surface area contributed by atoms with E-state index in [-0.39, 0.29) is 11.8 Å². The molecule has 0 amide bonds. The summed E-state index contributed by atoms with van der Waals surface area (Å²) >= 11 is 0. The summed E-state index contributed by atoms with van der Waals surface area (Å²) in [6.07, 6.45) is 5.26. The molecule has 6 nitrogen and oxygen atoms in total. The van der Waals surface area contributed by atoms with Crippen molar-refractivity contribution in [2.45, 2.75) is 52.1 Å². The molecule has 108 valence electrons. The van der Waals surface area contributed by atoms with E-state index < -0.39 is 10.0 Å². The molecule has 2 heterocycles. The molecular weight excluding hydrogens is 264 g/mol. The van der Waals surface area contributed by atoms with Gasteiger partial charge in [0.2, 0.25) is 10.0 Å². The first-order valence-electron chi connectivity index (χ1n) is 6.94. The van der Waals surface area contributed by atoms with E-state index >= 15 is 0 Å². The number of hydrogen-bond acceptors (Lipinski definition) is 4. The van der Waals surface area contributed by atoms with Crippen molar-refractivity contribution in [3.8, 4) is 0 Å². The zero-order chi connectivity index (χ0) is 13.9. The summed E-state index contributed by atoms with van der Waals surface area (Å²) in [4.78, 5) is 0. The SMILES string of the molecule is CCn1cnnc1CCC1CCCN1S(=O)(=O)CC. The van der Waals surface area contributed by atoms with Crippen molar-refractivity contribution in [2.24, 2.45) is 0 Å². The quantitative estimate of drug-likeness (QED) is 0.783. The fourth-order valence-corrected chi connectivity index (χ4v) is 4.07. The molecule has 0 radical (unpaired) electrons. The van der Waals surface area contributed by atoms with E-state index in [0.29, 0.717) is 6.54 Å². The van der Waals surface area contributed by atoms with Crippen LogP contribution in [-0.4, -0.2) is 45.8 Å². The minimum Gasteiger partial charge on any atom is -0.318 e. The van der Waals surface area contributed by atoms with Crippen molar-refractivity contribution in [3.63, 3.8) is 0 Å². The molecule has 1 unspecified atom stereocenters. The van der Waals surface area contributed by atoms with Gasteiger partial charge in [0.1, 0.15) is 12.2 Å². The molecule has 1 aromatic rings. The van der Waals surface area contributed by atoms with Crippen molar-refractivity contribution in [1.82, 2.24) is 19.1 Å². The van der Waals surface area contributed by atoms with Gasteiger partial charge in [0.25, 0.3) is 0 Å². The molecule has 7 heteroatoms. The maximum atomic E-state index is 12.0. The lowest BCUT2D eigenvalue weighted by molar-refractivity contribution is 0.368. The Kier molecular flexibility index (Phi) is 4.57. The highest BCUT2D eigenvalue weighted by atomic mass is 32.2. The predicted molar refractivity (Wildman–Crippen MR) is 73.2 cm³/mol. The molecule has 1 aliphatic rings. The fraction of sp³-hybridized carbons (Fsp3) is 0.833. The second-order valence-electron chi connectivity index (χ2n) is 4.88. The second-order valence-corrected chi connectivity index (χ2v) is 7.09. The van der Waals surface area contributed by atoms with E-state index in [1.807, 2.05) is 4.57 Å². The summed E-state index contributed by atoms with van der Waals surface area (Å²) in [5, 5.41) is 8.00. The number of sulfonamides is 1. The van der Waals surface area contributed by atoms with Gasteiger partial charge in [-0.2, -0.15) is 4.31 Å². The molecule has 1 atom stereocenters. The molecule has 19 heavy (non-hydrogen) atoms. The first-order chi connectivity index (χ1) is 9.08. The van der Waals surface area contributed by atoms with E-state index in [0.717, 1.165) is 38.1 Å². The van der Waals surface area contributed by atoms with E-state index in [4.69, 9.17) is 0 Å². The molecule has 1 aromatic heterocycles. The smallest absolute Gasteiger partial charge is 0.214 e. The monoisotopic (exact) mass is 286 g/mol. The highest BCUT2D eigenvalue weighted by Crippen LogP contribution is 2.24. The summed E-state index contributed by atoms with van der Waals surface area (Å²) in [5.41, 5.74) is 0. The van der Waals surface area contributed by atoms with Crippen LogP contribution in [0.4, 0.5) is 0 Å². The van der Waals surface area contributed by atoms with E-state index in [9.17, 15) is 8.42 Å². The van der Waals surface area contributed by atoms with Gasteiger partial charge >= 0.3 is 0 Å². The van der Waals surface area contributed by atoms with Crippen molar-refractivity contribution in [3.05, 3.63) is 12.2 Å². The van der Waals surface area contributed by atoms with Crippen LogP contribution in [0.25, 0.3) is 0 Å². The maximum absolute atomic E-state index is 12.0. The Morgan fingerprint density at radius 2 is 2.21 bits per heavy atom. The zero-order valence-electron chi connectivity index (χ0n) is 11.6. The first-order valence-corrected chi connectivity index (χ1v) is 8.55. The fourth-order valence-electron chi connectivity index (χ4n) is 2.66. The maximum Gasteiger partial charge on any atom is 0.214 e. The summed E-state index contributed by atoms with van der Waals surface area (Å²) in [6, 6.07) is 0.131. The third kappa shape index (κ3) is 3.14. The number of rotatable bonds is 6. The third-order valence-electron chi connectivity index (χ3n) is 3.78. The van der Waals surface area contributed by atoms with Crippen molar-refractivity contribution < 1.29 is 8.42 Å². The molecule has 0 N–H and O–H groups in total. The summed E-state index contributed by atoms with van der Waals surface area (Å²) in [6.45, 7) is 5.28. The van der Waals surface area contributed by atoms with Gasteiger partial charge in [0, 0.05) is 25.6 Å². The highest BCUT2D eigenvalue weighted by Gasteiger charge is 2.32. The molecule has 0 spiro atoms. The minimum atomic E-state index is -3.06. The lowest BCUT2D eigenvalue weighted by Crippen LogP contribution is -2.36.